The lowest BCUT2D eigenvalue weighted by Gasteiger charge is -2.17. The highest BCUT2D eigenvalue weighted by Crippen LogP contribution is 2.27. The van der Waals surface area contributed by atoms with Crippen molar-refractivity contribution in [3.63, 3.8) is 0 Å². The molecule has 1 aromatic heterocycles. The van der Waals surface area contributed by atoms with Gasteiger partial charge in [0.15, 0.2) is 6.23 Å². The van der Waals surface area contributed by atoms with Crippen molar-refractivity contribution < 1.29 is 20.1 Å². The number of nitrogens with zero attached hydrogens (tertiary/aromatic N) is 1. The Labute approximate surface area is 114 Å². The van der Waals surface area contributed by atoms with Gasteiger partial charge < -0.3 is 20.1 Å². The number of aromatic nitrogens is 2. The Morgan fingerprint density at radius 2 is 2.06 bits per heavy atom. The molecule has 0 amide bonds. The molecule has 0 radical (unpaired) electrons. The fraction of sp³-hybridized carbons (Fsp3) is 0.556. The summed E-state index contributed by atoms with van der Waals surface area (Å²) in [7, 11) is 0. The lowest BCUT2D eigenvalue weighted by atomic mass is 10.1. The van der Waals surface area contributed by atoms with Gasteiger partial charge >= 0.3 is 5.69 Å². The van der Waals surface area contributed by atoms with E-state index in [2.05, 4.69) is 4.98 Å². The first-order valence-corrected chi connectivity index (χ1v) is 6.17. The Bertz CT molecular complexity index is 555. The maximum absolute atomic E-state index is 11.6. The predicted molar refractivity (Wildman–Crippen MR) is 67.0 cm³/mol. The van der Waals surface area contributed by atoms with Crippen LogP contribution in [0.1, 0.15) is 6.23 Å². The van der Waals surface area contributed by atoms with E-state index in [0.29, 0.717) is 0 Å². The summed E-state index contributed by atoms with van der Waals surface area (Å²) in [6.07, 6.45) is -3.54. The number of halogens is 1. The first kappa shape index (κ1) is 13.7. The molecule has 1 fully saturated rings. The third kappa shape index (κ3) is 2.23. The summed E-state index contributed by atoms with van der Waals surface area (Å²) in [5.41, 5.74) is -1.29. The molecule has 100 valence electrons. The molecule has 0 aromatic carbocycles. The van der Waals surface area contributed by atoms with Crippen LogP contribution in [0.25, 0.3) is 0 Å². The first-order chi connectivity index (χ1) is 8.45. The number of rotatable bonds is 2. The molecular weight excluding hydrogens is 359 g/mol. The van der Waals surface area contributed by atoms with Gasteiger partial charge in [-0.3, -0.25) is 14.3 Å². The molecular formula is C9H11IN2O6. The third-order valence-electron chi connectivity index (χ3n) is 2.72. The van der Waals surface area contributed by atoms with Crippen molar-refractivity contribution in [2.75, 3.05) is 6.61 Å². The molecule has 0 spiro atoms. The lowest BCUT2D eigenvalue weighted by molar-refractivity contribution is -0.0551. The van der Waals surface area contributed by atoms with E-state index in [-0.39, 0.29) is 3.57 Å². The largest absolute Gasteiger partial charge is 0.394 e. The molecule has 1 unspecified atom stereocenters. The monoisotopic (exact) mass is 370 g/mol. The topological polar surface area (TPSA) is 125 Å². The second-order valence-corrected chi connectivity index (χ2v) is 5.03. The molecule has 4 N–H and O–H groups in total. The highest BCUT2D eigenvalue weighted by Gasteiger charge is 2.43. The van der Waals surface area contributed by atoms with Gasteiger partial charge in [-0.05, 0) is 22.6 Å². The minimum absolute atomic E-state index is 0.241. The molecule has 2 heterocycles. The number of aliphatic hydroxyl groups is 3. The van der Waals surface area contributed by atoms with Crippen LogP contribution in [-0.4, -0.2) is 49.8 Å². The highest BCUT2D eigenvalue weighted by atomic mass is 127. The van der Waals surface area contributed by atoms with Crippen molar-refractivity contribution in [3.8, 4) is 0 Å². The van der Waals surface area contributed by atoms with E-state index >= 15 is 0 Å². The van der Waals surface area contributed by atoms with Crippen LogP contribution in [0.15, 0.2) is 15.8 Å². The number of H-pyrrole nitrogens is 1. The Morgan fingerprint density at radius 1 is 1.39 bits per heavy atom. The van der Waals surface area contributed by atoms with Crippen LogP contribution in [0.3, 0.4) is 0 Å². The van der Waals surface area contributed by atoms with Gasteiger partial charge in [-0.2, -0.15) is 0 Å². The molecule has 18 heavy (non-hydrogen) atoms. The zero-order chi connectivity index (χ0) is 13.4. The van der Waals surface area contributed by atoms with Crippen molar-refractivity contribution >= 4 is 22.6 Å². The molecule has 1 aliphatic heterocycles. The van der Waals surface area contributed by atoms with E-state index in [4.69, 9.17) is 9.84 Å². The van der Waals surface area contributed by atoms with Crippen LogP contribution in [-0.2, 0) is 4.74 Å². The fourth-order valence-corrected chi connectivity index (χ4v) is 2.19. The van der Waals surface area contributed by atoms with Crippen molar-refractivity contribution in [1.82, 2.24) is 9.55 Å². The third-order valence-corrected chi connectivity index (χ3v) is 3.48. The van der Waals surface area contributed by atoms with Gasteiger partial charge in [-0.1, -0.05) is 0 Å². The molecule has 2 rings (SSSR count). The number of hydrogen-bond donors (Lipinski definition) is 4. The van der Waals surface area contributed by atoms with Crippen molar-refractivity contribution in [2.24, 2.45) is 0 Å². The van der Waals surface area contributed by atoms with Gasteiger partial charge in [0.1, 0.15) is 18.3 Å². The molecule has 9 heteroatoms. The van der Waals surface area contributed by atoms with E-state index < -0.39 is 42.4 Å². The minimum Gasteiger partial charge on any atom is -0.394 e. The summed E-state index contributed by atoms with van der Waals surface area (Å²) in [5.74, 6) is 0. The second kappa shape index (κ2) is 5.09. The van der Waals surface area contributed by atoms with E-state index in [1.807, 2.05) is 0 Å². The lowest BCUT2D eigenvalue weighted by Crippen LogP contribution is -2.38. The van der Waals surface area contributed by atoms with Gasteiger partial charge in [0.2, 0.25) is 0 Å². The van der Waals surface area contributed by atoms with Gasteiger partial charge in [0.25, 0.3) is 5.56 Å². The second-order valence-electron chi connectivity index (χ2n) is 3.87. The minimum atomic E-state index is -1.36. The van der Waals surface area contributed by atoms with Crippen molar-refractivity contribution in [2.45, 2.75) is 24.5 Å². The van der Waals surface area contributed by atoms with Gasteiger partial charge in [-0.15, -0.1) is 0 Å². The highest BCUT2D eigenvalue weighted by molar-refractivity contribution is 14.1. The van der Waals surface area contributed by atoms with Crippen LogP contribution in [0.5, 0.6) is 0 Å². The summed E-state index contributed by atoms with van der Waals surface area (Å²) in [4.78, 5) is 24.9. The Morgan fingerprint density at radius 3 is 2.61 bits per heavy atom. The summed E-state index contributed by atoms with van der Waals surface area (Å²) in [6, 6.07) is 0. The van der Waals surface area contributed by atoms with E-state index in [1.54, 1.807) is 22.6 Å². The molecule has 1 aliphatic rings. The summed E-state index contributed by atoms with van der Waals surface area (Å²) in [5, 5.41) is 28.3. The number of nitrogens with one attached hydrogen (secondary N) is 1. The number of hydrogen-bond acceptors (Lipinski definition) is 6. The molecule has 1 aromatic rings. The average Bonchev–Trinajstić information content (AvgIpc) is 2.61. The van der Waals surface area contributed by atoms with Crippen molar-refractivity contribution in [1.29, 1.82) is 0 Å². The normalized spacial score (nSPS) is 31.8. The van der Waals surface area contributed by atoms with Crippen LogP contribution < -0.4 is 11.2 Å². The van der Waals surface area contributed by atoms with E-state index in [0.717, 1.165) is 4.57 Å². The zero-order valence-corrected chi connectivity index (χ0v) is 11.1. The van der Waals surface area contributed by atoms with Crippen LogP contribution >= 0.6 is 22.6 Å². The molecule has 8 nitrogen and oxygen atoms in total. The Kier molecular flexibility index (Phi) is 3.87. The smallest absolute Gasteiger partial charge is 0.330 e. The van der Waals surface area contributed by atoms with Crippen LogP contribution in [0, 0.1) is 3.57 Å². The maximum Gasteiger partial charge on any atom is 0.330 e. The Hall–Kier alpha value is -0.750. The first-order valence-electron chi connectivity index (χ1n) is 5.09. The predicted octanol–water partition coefficient (Wildman–Crippen LogP) is -2.25. The van der Waals surface area contributed by atoms with E-state index in [9.17, 15) is 19.8 Å². The zero-order valence-electron chi connectivity index (χ0n) is 8.99. The standard InChI is InChI=1S/C9H11IN2O6/c10-3-1-12(9(17)11-7(3)16)8-6(15)5(14)4(2-13)18-8/h1,4-6,8,13-15H,2H2,(H,11,16,17)/t4-,5?,6+,8-/m1/s1. The SMILES string of the molecule is O=c1[nH]c(=O)n([C@@H]2O[C@H](CO)C(O)[C@@H]2O)cc1I. The van der Waals surface area contributed by atoms with Crippen LogP contribution in [0.2, 0.25) is 0 Å². The fourth-order valence-electron chi connectivity index (χ4n) is 1.76. The summed E-state index contributed by atoms with van der Waals surface area (Å²) < 4.78 is 6.40. The van der Waals surface area contributed by atoms with Gasteiger partial charge in [-0.25, -0.2) is 4.79 Å². The number of aliphatic hydroxyl groups excluding tert-OH is 3. The quantitative estimate of drug-likeness (QED) is 0.436. The van der Waals surface area contributed by atoms with E-state index in [1.165, 1.54) is 6.20 Å². The molecule has 0 aliphatic carbocycles. The van der Waals surface area contributed by atoms with Crippen molar-refractivity contribution in [3.05, 3.63) is 30.6 Å². The number of aromatic amines is 1. The molecule has 0 saturated carbocycles. The summed E-state index contributed by atoms with van der Waals surface area (Å²) in [6.45, 7) is -0.482. The summed E-state index contributed by atoms with van der Waals surface area (Å²) >= 11 is 1.73. The Balaban J connectivity index is 2.42. The molecule has 4 atom stereocenters. The van der Waals surface area contributed by atoms with Crippen LogP contribution in [0.4, 0.5) is 0 Å². The number of ether oxygens (including phenoxy) is 1. The molecule has 0 bridgehead atoms. The average molecular weight is 370 g/mol. The van der Waals surface area contributed by atoms with Gasteiger partial charge in [0.05, 0.1) is 10.2 Å². The van der Waals surface area contributed by atoms with Gasteiger partial charge in [0, 0.05) is 6.20 Å². The molecule has 1 saturated heterocycles. The maximum atomic E-state index is 11.6.